The first-order chi connectivity index (χ1) is 13.1. The number of carbonyl (C=O) groups excluding carboxylic acids is 1. The van der Waals surface area contributed by atoms with Crippen molar-refractivity contribution >= 4 is 17.8 Å². The van der Waals surface area contributed by atoms with E-state index in [-0.39, 0.29) is 12.5 Å². The molecule has 138 valence electrons. The molecule has 0 saturated carbocycles. The number of para-hydroxylation sites is 1. The van der Waals surface area contributed by atoms with E-state index in [4.69, 9.17) is 0 Å². The molecule has 3 rings (SSSR count). The zero-order valence-electron chi connectivity index (χ0n) is 15.5. The number of hydrogen-bond donors (Lipinski definition) is 2. The SMILES string of the molecule is Cc1nn(Cc2ccccc2)c(C)c1C=NNC(=O)CNc1ccccc1. The maximum Gasteiger partial charge on any atom is 0.259 e. The van der Waals surface area contributed by atoms with Crippen LogP contribution in [0.4, 0.5) is 5.69 Å². The summed E-state index contributed by atoms with van der Waals surface area (Å²) in [6.07, 6.45) is 1.65. The number of benzene rings is 2. The molecule has 1 aromatic heterocycles. The van der Waals surface area contributed by atoms with Crippen LogP contribution in [0, 0.1) is 13.8 Å². The molecule has 0 spiro atoms. The molecular weight excluding hydrogens is 338 g/mol. The summed E-state index contributed by atoms with van der Waals surface area (Å²) in [6.45, 7) is 4.80. The molecule has 3 aromatic rings. The van der Waals surface area contributed by atoms with Gasteiger partial charge in [0.15, 0.2) is 0 Å². The van der Waals surface area contributed by atoms with E-state index in [0.29, 0.717) is 6.54 Å². The highest BCUT2D eigenvalue weighted by Gasteiger charge is 2.10. The Balaban J connectivity index is 1.57. The molecule has 0 atom stereocenters. The van der Waals surface area contributed by atoms with Crippen molar-refractivity contribution < 1.29 is 4.79 Å². The fourth-order valence-electron chi connectivity index (χ4n) is 2.75. The van der Waals surface area contributed by atoms with Crippen LogP contribution >= 0.6 is 0 Å². The number of nitrogens with one attached hydrogen (secondary N) is 2. The Labute approximate surface area is 158 Å². The molecule has 6 nitrogen and oxygen atoms in total. The van der Waals surface area contributed by atoms with Crippen LogP contribution in [-0.2, 0) is 11.3 Å². The van der Waals surface area contributed by atoms with Crippen LogP contribution in [0.1, 0.15) is 22.5 Å². The smallest absolute Gasteiger partial charge is 0.259 e. The monoisotopic (exact) mass is 361 g/mol. The molecule has 0 aliphatic carbocycles. The van der Waals surface area contributed by atoms with Crippen LogP contribution in [0.3, 0.4) is 0 Å². The third-order valence-corrected chi connectivity index (χ3v) is 4.22. The van der Waals surface area contributed by atoms with Gasteiger partial charge in [0.05, 0.1) is 25.0 Å². The predicted molar refractivity (Wildman–Crippen MR) is 108 cm³/mol. The summed E-state index contributed by atoms with van der Waals surface area (Å²) in [5.74, 6) is -0.206. The van der Waals surface area contributed by atoms with Crippen LogP contribution in [0.2, 0.25) is 0 Å². The van der Waals surface area contributed by atoms with Crippen molar-refractivity contribution in [3.63, 3.8) is 0 Å². The van der Waals surface area contributed by atoms with Gasteiger partial charge in [-0.3, -0.25) is 9.48 Å². The Bertz CT molecular complexity index is 917. The molecule has 6 heteroatoms. The Morgan fingerprint density at radius 2 is 1.74 bits per heavy atom. The van der Waals surface area contributed by atoms with Gasteiger partial charge in [0, 0.05) is 16.9 Å². The maximum absolute atomic E-state index is 11.9. The number of nitrogens with zero attached hydrogens (tertiary/aromatic N) is 3. The Hall–Kier alpha value is -3.41. The average molecular weight is 361 g/mol. The molecule has 0 radical (unpaired) electrons. The normalized spacial score (nSPS) is 10.9. The second kappa shape index (κ2) is 8.80. The minimum absolute atomic E-state index is 0.159. The van der Waals surface area contributed by atoms with Gasteiger partial charge in [-0.2, -0.15) is 10.2 Å². The van der Waals surface area contributed by atoms with Crippen molar-refractivity contribution in [2.45, 2.75) is 20.4 Å². The van der Waals surface area contributed by atoms with Gasteiger partial charge in [-0.1, -0.05) is 48.5 Å². The lowest BCUT2D eigenvalue weighted by Crippen LogP contribution is -2.25. The molecule has 1 amide bonds. The van der Waals surface area contributed by atoms with E-state index in [1.807, 2.05) is 67.1 Å². The molecule has 2 aromatic carbocycles. The summed E-state index contributed by atoms with van der Waals surface area (Å²) >= 11 is 0. The van der Waals surface area contributed by atoms with Gasteiger partial charge in [0.2, 0.25) is 0 Å². The van der Waals surface area contributed by atoms with Gasteiger partial charge in [-0.15, -0.1) is 0 Å². The quantitative estimate of drug-likeness (QED) is 0.502. The highest BCUT2D eigenvalue weighted by molar-refractivity contribution is 5.85. The average Bonchev–Trinajstić information content (AvgIpc) is 2.95. The fourth-order valence-corrected chi connectivity index (χ4v) is 2.75. The van der Waals surface area contributed by atoms with Crippen molar-refractivity contribution in [2.24, 2.45) is 5.10 Å². The van der Waals surface area contributed by atoms with Crippen LogP contribution < -0.4 is 10.7 Å². The van der Waals surface area contributed by atoms with Crippen molar-refractivity contribution in [3.8, 4) is 0 Å². The topological polar surface area (TPSA) is 71.3 Å². The highest BCUT2D eigenvalue weighted by Crippen LogP contribution is 2.12. The fraction of sp³-hybridized carbons (Fsp3) is 0.190. The van der Waals surface area contributed by atoms with Gasteiger partial charge in [0.25, 0.3) is 5.91 Å². The molecule has 0 unspecified atom stereocenters. The van der Waals surface area contributed by atoms with Crippen molar-refractivity contribution in [2.75, 3.05) is 11.9 Å². The maximum atomic E-state index is 11.9. The number of hydrazone groups is 1. The van der Waals surface area contributed by atoms with Crippen molar-refractivity contribution in [3.05, 3.63) is 83.2 Å². The first kappa shape index (κ1) is 18.4. The second-order valence-electron chi connectivity index (χ2n) is 6.24. The predicted octanol–water partition coefficient (Wildman–Crippen LogP) is 3.11. The first-order valence-electron chi connectivity index (χ1n) is 8.82. The van der Waals surface area contributed by atoms with Crippen LogP contribution in [-0.4, -0.2) is 28.4 Å². The summed E-state index contributed by atoms with van der Waals surface area (Å²) in [5.41, 5.74) is 7.43. The molecule has 1 heterocycles. The third kappa shape index (κ3) is 5.04. The van der Waals surface area contributed by atoms with Gasteiger partial charge < -0.3 is 5.32 Å². The highest BCUT2D eigenvalue weighted by atomic mass is 16.2. The summed E-state index contributed by atoms with van der Waals surface area (Å²) < 4.78 is 1.95. The zero-order valence-corrected chi connectivity index (χ0v) is 15.5. The minimum atomic E-state index is -0.206. The van der Waals surface area contributed by atoms with E-state index < -0.39 is 0 Å². The Morgan fingerprint density at radius 3 is 2.44 bits per heavy atom. The summed E-state index contributed by atoms with van der Waals surface area (Å²) in [6, 6.07) is 19.7. The largest absolute Gasteiger partial charge is 0.376 e. The Morgan fingerprint density at radius 1 is 1.07 bits per heavy atom. The van der Waals surface area contributed by atoms with Crippen LogP contribution in [0.5, 0.6) is 0 Å². The van der Waals surface area contributed by atoms with E-state index >= 15 is 0 Å². The summed E-state index contributed by atoms with van der Waals surface area (Å²) in [7, 11) is 0. The van der Waals surface area contributed by atoms with Crippen LogP contribution in [0.25, 0.3) is 0 Å². The molecule has 27 heavy (non-hydrogen) atoms. The van der Waals surface area contributed by atoms with E-state index in [2.05, 4.69) is 33.1 Å². The number of aryl methyl sites for hydroxylation is 1. The first-order valence-corrected chi connectivity index (χ1v) is 8.82. The number of hydrogen-bond acceptors (Lipinski definition) is 4. The third-order valence-electron chi connectivity index (χ3n) is 4.22. The number of anilines is 1. The molecule has 0 aliphatic heterocycles. The standard InChI is InChI=1S/C21H23N5O/c1-16-20(17(2)26(25-16)15-18-9-5-3-6-10-18)13-23-24-21(27)14-22-19-11-7-4-8-12-19/h3-13,22H,14-15H2,1-2H3,(H,24,27). The number of carbonyl (C=O) groups is 1. The molecule has 0 fully saturated rings. The van der Waals surface area contributed by atoms with Crippen molar-refractivity contribution in [1.82, 2.24) is 15.2 Å². The number of rotatable bonds is 7. The lowest BCUT2D eigenvalue weighted by Gasteiger charge is -2.05. The zero-order chi connectivity index (χ0) is 19.1. The molecule has 0 bridgehead atoms. The summed E-state index contributed by atoms with van der Waals surface area (Å²) in [5, 5.41) is 11.7. The van der Waals surface area contributed by atoms with E-state index in [1.54, 1.807) is 6.21 Å². The van der Waals surface area contributed by atoms with Gasteiger partial charge in [-0.25, -0.2) is 5.43 Å². The molecule has 2 N–H and O–H groups in total. The summed E-state index contributed by atoms with van der Waals surface area (Å²) in [4.78, 5) is 11.9. The lowest BCUT2D eigenvalue weighted by atomic mass is 10.2. The Kier molecular flexibility index (Phi) is 5.99. The number of aromatic nitrogens is 2. The second-order valence-corrected chi connectivity index (χ2v) is 6.24. The van der Waals surface area contributed by atoms with E-state index in [1.165, 1.54) is 5.56 Å². The van der Waals surface area contributed by atoms with Gasteiger partial charge >= 0.3 is 0 Å². The minimum Gasteiger partial charge on any atom is -0.376 e. The van der Waals surface area contributed by atoms with E-state index in [9.17, 15) is 4.79 Å². The number of amides is 1. The molecule has 0 aliphatic rings. The molecular formula is C21H23N5O. The van der Waals surface area contributed by atoms with Crippen LogP contribution in [0.15, 0.2) is 65.8 Å². The molecule has 0 saturated heterocycles. The van der Waals surface area contributed by atoms with Crippen molar-refractivity contribution in [1.29, 1.82) is 0 Å². The van der Waals surface area contributed by atoms with Gasteiger partial charge in [0.1, 0.15) is 0 Å². The lowest BCUT2D eigenvalue weighted by molar-refractivity contribution is -0.119. The van der Waals surface area contributed by atoms with Gasteiger partial charge in [-0.05, 0) is 31.5 Å². The van der Waals surface area contributed by atoms with E-state index in [0.717, 1.165) is 22.6 Å².